The number of ether oxygens (including phenoxy) is 3. The number of carbonyl (C=O) groups excluding carboxylic acids is 2. The molecular formula is C27H33NO6. The van der Waals surface area contributed by atoms with Gasteiger partial charge in [0.25, 0.3) is 11.7 Å². The van der Waals surface area contributed by atoms with Crippen LogP contribution in [0.4, 0.5) is 0 Å². The molecule has 0 aliphatic carbocycles. The normalized spacial score (nSPS) is 17.5. The van der Waals surface area contributed by atoms with Crippen LogP contribution in [0, 0.1) is 0 Å². The fourth-order valence-corrected chi connectivity index (χ4v) is 4.27. The minimum Gasteiger partial charge on any atom is -0.507 e. The van der Waals surface area contributed by atoms with Gasteiger partial charge in [0, 0.05) is 25.8 Å². The zero-order valence-electron chi connectivity index (χ0n) is 20.5. The summed E-state index contributed by atoms with van der Waals surface area (Å²) < 4.78 is 16.2. The van der Waals surface area contributed by atoms with Crippen LogP contribution in [0.3, 0.4) is 0 Å². The number of aliphatic hydroxyl groups excluding tert-OH is 1. The highest BCUT2D eigenvalue weighted by molar-refractivity contribution is 6.46. The Labute approximate surface area is 200 Å². The second-order valence-electron chi connectivity index (χ2n) is 8.46. The largest absolute Gasteiger partial charge is 0.507 e. The summed E-state index contributed by atoms with van der Waals surface area (Å²) in [5, 5.41) is 11.4. The molecule has 0 radical (unpaired) electrons. The molecule has 0 aromatic heterocycles. The minimum absolute atomic E-state index is 0.0657. The van der Waals surface area contributed by atoms with Gasteiger partial charge in [0.2, 0.25) is 0 Å². The summed E-state index contributed by atoms with van der Waals surface area (Å²) in [5.41, 5.74) is 2.12. The minimum atomic E-state index is -0.734. The number of aliphatic hydroxyl groups is 1. The number of rotatable bonds is 10. The zero-order valence-corrected chi connectivity index (χ0v) is 20.5. The zero-order chi connectivity index (χ0) is 24.8. The molecule has 7 heteroatoms. The number of benzene rings is 2. The van der Waals surface area contributed by atoms with Crippen molar-refractivity contribution >= 4 is 17.4 Å². The van der Waals surface area contributed by atoms with Crippen molar-refractivity contribution in [1.82, 2.24) is 4.90 Å². The SMILES string of the molecule is CCOc1cccc(C2/C(=C(\O)c3ccc(OC)c(C(C)C)c3)C(=O)C(=O)N2CCCOC)c1. The van der Waals surface area contributed by atoms with Crippen LogP contribution in [0.1, 0.15) is 55.8 Å². The van der Waals surface area contributed by atoms with Gasteiger partial charge in [-0.2, -0.15) is 0 Å². The number of methoxy groups -OCH3 is 2. The average Bonchev–Trinajstić information content (AvgIpc) is 3.08. The van der Waals surface area contributed by atoms with Gasteiger partial charge in [-0.1, -0.05) is 26.0 Å². The molecule has 3 rings (SSSR count). The summed E-state index contributed by atoms with van der Waals surface area (Å²) in [6, 6.07) is 11.8. The molecule has 34 heavy (non-hydrogen) atoms. The molecule has 1 heterocycles. The maximum atomic E-state index is 13.2. The summed E-state index contributed by atoms with van der Waals surface area (Å²) in [7, 11) is 3.19. The van der Waals surface area contributed by atoms with Crippen molar-refractivity contribution in [3.8, 4) is 11.5 Å². The molecule has 0 spiro atoms. The van der Waals surface area contributed by atoms with Gasteiger partial charge in [-0.25, -0.2) is 0 Å². The molecular weight excluding hydrogens is 434 g/mol. The van der Waals surface area contributed by atoms with E-state index in [1.54, 1.807) is 26.4 Å². The van der Waals surface area contributed by atoms with Gasteiger partial charge in [0.05, 0.1) is 25.3 Å². The van der Waals surface area contributed by atoms with Crippen LogP contribution in [0.25, 0.3) is 5.76 Å². The molecule has 2 aromatic carbocycles. The van der Waals surface area contributed by atoms with Gasteiger partial charge in [-0.3, -0.25) is 9.59 Å². The van der Waals surface area contributed by atoms with Crippen molar-refractivity contribution in [3.63, 3.8) is 0 Å². The third-order valence-corrected chi connectivity index (χ3v) is 5.90. The van der Waals surface area contributed by atoms with Gasteiger partial charge in [-0.05, 0) is 60.7 Å². The first kappa shape index (κ1) is 25.3. The van der Waals surface area contributed by atoms with E-state index in [-0.39, 0.29) is 17.3 Å². The number of carbonyl (C=O) groups is 2. The number of amides is 1. The van der Waals surface area contributed by atoms with E-state index in [0.717, 1.165) is 5.56 Å². The molecule has 1 N–H and O–H groups in total. The van der Waals surface area contributed by atoms with E-state index < -0.39 is 17.7 Å². The van der Waals surface area contributed by atoms with E-state index in [1.165, 1.54) is 4.90 Å². The lowest BCUT2D eigenvalue weighted by molar-refractivity contribution is -0.140. The highest BCUT2D eigenvalue weighted by atomic mass is 16.5. The Kier molecular flexibility index (Phi) is 8.34. The van der Waals surface area contributed by atoms with Crippen molar-refractivity contribution in [2.75, 3.05) is 34.0 Å². The third kappa shape index (κ3) is 5.09. The number of Topliss-reactive ketones (excluding diaryl/α,β-unsaturated/α-hetero) is 1. The van der Waals surface area contributed by atoms with Crippen LogP contribution in [0.15, 0.2) is 48.0 Å². The lowest BCUT2D eigenvalue weighted by Gasteiger charge is -2.25. The van der Waals surface area contributed by atoms with Crippen molar-refractivity contribution in [1.29, 1.82) is 0 Å². The molecule has 182 valence electrons. The Hall–Kier alpha value is -3.32. The van der Waals surface area contributed by atoms with Gasteiger partial charge >= 0.3 is 0 Å². The average molecular weight is 468 g/mol. The van der Waals surface area contributed by atoms with E-state index in [9.17, 15) is 14.7 Å². The number of likely N-dealkylation sites (tertiary alicyclic amines) is 1. The molecule has 1 aliphatic heterocycles. The molecule has 1 aliphatic rings. The van der Waals surface area contributed by atoms with E-state index in [2.05, 4.69) is 0 Å². The van der Waals surface area contributed by atoms with Crippen molar-refractivity contribution in [2.45, 2.75) is 39.2 Å². The Bertz CT molecular complexity index is 1070. The van der Waals surface area contributed by atoms with E-state index in [1.807, 2.05) is 51.1 Å². The first-order valence-corrected chi connectivity index (χ1v) is 11.5. The Balaban J connectivity index is 2.17. The van der Waals surface area contributed by atoms with Crippen LogP contribution in [0.5, 0.6) is 11.5 Å². The number of ketones is 1. The fourth-order valence-electron chi connectivity index (χ4n) is 4.27. The second-order valence-corrected chi connectivity index (χ2v) is 8.46. The topological polar surface area (TPSA) is 85.3 Å². The number of hydrogen-bond donors (Lipinski definition) is 1. The van der Waals surface area contributed by atoms with Crippen LogP contribution in [0.2, 0.25) is 0 Å². The summed E-state index contributed by atoms with van der Waals surface area (Å²) in [6.07, 6.45) is 0.561. The molecule has 0 saturated carbocycles. The molecule has 7 nitrogen and oxygen atoms in total. The monoisotopic (exact) mass is 467 g/mol. The van der Waals surface area contributed by atoms with Gasteiger partial charge < -0.3 is 24.2 Å². The van der Waals surface area contributed by atoms with Gasteiger partial charge in [0.1, 0.15) is 17.3 Å². The van der Waals surface area contributed by atoms with Crippen molar-refractivity contribution in [2.24, 2.45) is 0 Å². The van der Waals surface area contributed by atoms with E-state index in [0.29, 0.717) is 48.8 Å². The number of nitrogens with zero attached hydrogens (tertiary/aromatic N) is 1. The summed E-state index contributed by atoms with van der Waals surface area (Å²) in [5.74, 6) is -0.0750. The van der Waals surface area contributed by atoms with Gasteiger partial charge in [-0.15, -0.1) is 0 Å². The molecule has 2 aromatic rings. The molecule has 1 amide bonds. The lowest BCUT2D eigenvalue weighted by atomic mass is 9.93. The highest BCUT2D eigenvalue weighted by Crippen LogP contribution is 2.41. The lowest BCUT2D eigenvalue weighted by Crippen LogP contribution is -2.31. The van der Waals surface area contributed by atoms with Crippen LogP contribution in [-0.4, -0.2) is 55.7 Å². The molecule has 1 unspecified atom stereocenters. The van der Waals surface area contributed by atoms with Crippen LogP contribution >= 0.6 is 0 Å². The first-order chi connectivity index (χ1) is 16.3. The quantitative estimate of drug-likeness (QED) is 0.236. The molecule has 1 fully saturated rings. The van der Waals surface area contributed by atoms with Crippen molar-refractivity contribution < 1.29 is 28.9 Å². The Morgan fingerprint density at radius 1 is 1.12 bits per heavy atom. The van der Waals surface area contributed by atoms with Crippen LogP contribution in [-0.2, 0) is 14.3 Å². The first-order valence-electron chi connectivity index (χ1n) is 11.5. The molecule has 1 atom stereocenters. The maximum Gasteiger partial charge on any atom is 0.295 e. The summed E-state index contributed by atoms with van der Waals surface area (Å²) >= 11 is 0. The van der Waals surface area contributed by atoms with Gasteiger partial charge in [0.15, 0.2) is 0 Å². The highest BCUT2D eigenvalue weighted by Gasteiger charge is 2.46. The maximum absolute atomic E-state index is 13.2. The number of hydrogen-bond acceptors (Lipinski definition) is 6. The van der Waals surface area contributed by atoms with E-state index in [4.69, 9.17) is 14.2 Å². The van der Waals surface area contributed by atoms with Crippen LogP contribution < -0.4 is 9.47 Å². The Morgan fingerprint density at radius 3 is 2.53 bits per heavy atom. The van der Waals surface area contributed by atoms with E-state index >= 15 is 0 Å². The summed E-state index contributed by atoms with van der Waals surface area (Å²) in [4.78, 5) is 27.8. The second kappa shape index (κ2) is 11.2. The fraction of sp³-hybridized carbons (Fsp3) is 0.407. The smallest absolute Gasteiger partial charge is 0.295 e. The standard InChI is InChI=1S/C27H33NO6/c1-6-34-20-10-7-9-18(15-20)24-23(26(30)27(31)28(24)13-8-14-32-4)25(29)19-11-12-22(33-5)21(16-19)17(2)3/h7,9-12,15-17,24,29H,6,8,13-14H2,1-5H3/b25-23+. The Morgan fingerprint density at radius 2 is 1.88 bits per heavy atom. The molecule has 0 bridgehead atoms. The predicted molar refractivity (Wildman–Crippen MR) is 130 cm³/mol. The summed E-state index contributed by atoms with van der Waals surface area (Å²) in [6.45, 7) is 7.19. The van der Waals surface area contributed by atoms with Crippen molar-refractivity contribution in [3.05, 3.63) is 64.7 Å². The predicted octanol–water partition coefficient (Wildman–Crippen LogP) is 4.68. The third-order valence-electron chi connectivity index (χ3n) is 5.90. The molecule has 1 saturated heterocycles.